The van der Waals surface area contributed by atoms with E-state index in [1.54, 1.807) is 0 Å². The molecule has 2 aliphatic carbocycles. The maximum Gasteiger partial charge on any atom is 0.0581 e. The zero-order valence-corrected chi connectivity index (χ0v) is 21.2. The van der Waals surface area contributed by atoms with E-state index in [1.165, 1.54) is 64.2 Å². The third-order valence-electron chi connectivity index (χ3n) is 8.90. The largest absolute Gasteiger partial charge is 0.378 e. The Hall–Kier alpha value is -0.0400. The van der Waals surface area contributed by atoms with Gasteiger partial charge in [-0.15, -0.1) is 0 Å². The van der Waals surface area contributed by atoms with Gasteiger partial charge in [-0.1, -0.05) is 61.8 Å². The Morgan fingerprint density at radius 2 is 1.48 bits per heavy atom. The minimum atomic E-state index is 0.446. The molecule has 0 aromatic carbocycles. The molecule has 29 heavy (non-hydrogen) atoms. The number of hydrogen-bond donors (Lipinski definition) is 0. The van der Waals surface area contributed by atoms with Gasteiger partial charge in [0, 0.05) is 6.61 Å². The number of ether oxygens (including phenoxy) is 1. The molecule has 170 valence electrons. The Bertz CT molecular complexity index is 519. The lowest BCUT2D eigenvalue weighted by molar-refractivity contribution is 0.0625. The minimum absolute atomic E-state index is 0.446. The van der Waals surface area contributed by atoms with Crippen LogP contribution in [0.25, 0.3) is 0 Å². The van der Waals surface area contributed by atoms with Gasteiger partial charge in [0.05, 0.1) is 6.10 Å². The highest BCUT2D eigenvalue weighted by Gasteiger charge is 2.45. The van der Waals surface area contributed by atoms with E-state index in [1.807, 2.05) is 0 Å². The lowest BCUT2D eigenvalue weighted by atomic mass is 9.68. The van der Waals surface area contributed by atoms with Crippen molar-refractivity contribution >= 4 is 0 Å². The summed E-state index contributed by atoms with van der Waals surface area (Å²) in [4.78, 5) is 0. The maximum atomic E-state index is 5.94. The molecule has 6 unspecified atom stereocenters. The van der Waals surface area contributed by atoms with E-state index in [4.69, 9.17) is 4.74 Å². The SMILES string of the molecule is CC(C1CCC(CC(C)(C)CC2CCCO2)C1)C(C)(C)CC1CC1CC(C)(C)C. The van der Waals surface area contributed by atoms with Gasteiger partial charge in [0.15, 0.2) is 0 Å². The fourth-order valence-corrected chi connectivity index (χ4v) is 7.14. The van der Waals surface area contributed by atoms with Crippen molar-refractivity contribution in [3.05, 3.63) is 0 Å². The summed E-state index contributed by atoms with van der Waals surface area (Å²) in [6.07, 6.45) is 14.6. The summed E-state index contributed by atoms with van der Waals surface area (Å²) < 4.78 is 5.94. The van der Waals surface area contributed by atoms with Gasteiger partial charge in [0.1, 0.15) is 0 Å². The van der Waals surface area contributed by atoms with Crippen LogP contribution in [0.15, 0.2) is 0 Å². The molecule has 1 aliphatic heterocycles. The van der Waals surface area contributed by atoms with Crippen molar-refractivity contribution < 1.29 is 4.74 Å². The Balaban J connectivity index is 1.45. The van der Waals surface area contributed by atoms with E-state index >= 15 is 0 Å². The van der Waals surface area contributed by atoms with Crippen LogP contribution in [0.4, 0.5) is 0 Å². The van der Waals surface area contributed by atoms with Crippen LogP contribution in [0.1, 0.15) is 120 Å². The van der Waals surface area contributed by atoms with E-state index in [-0.39, 0.29) is 0 Å². The second-order valence-corrected chi connectivity index (χ2v) is 14.1. The molecule has 1 saturated heterocycles. The van der Waals surface area contributed by atoms with Gasteiger partial charge in [0.2, 0.25) is 0 Å². The molecule has 6 atom stereocenters. The standard InChI is InChI=1S/C28H52O/c1-20(28(7,8)18-24-15-23(24)17-26(2,3)4)22-12-11-21(14-22)16-27(5,6)19-25-10-9-13-29-25/h20-25H,9-19H2,1-8H3. The van der Waals surface area contributed by atoms with Crippen LogP contribution in [0, 0.1) is 45.8 Å². The molecule has 2 saturated carbocycles. The summed E-state index contributed by atoms with van der Waals surface area (Å²) in [5.74, 6) is 4.79. The van der Waals surface area contributed by atoms with Crippen molar-refractivity contribution in [2.45, 2.75) is 126 Å². The van der Waals surface area contributed by atoms with Crippen molar-refractivity contribution in [2.24, 2.45) is 45.8 Å². The van der Waals surface area contributed by atoms with Crippen LogP contribution in [-0.2, 0) is 4.74 Å². The van der Waals surface area contributed by atoms with Crippen molar-refractivity contribution in [2.75, 3.05) is 6.61 Å². The molecule has 3 rings (SSSR count). The van der Waals surface area contributed by atoms with Crippen molar-refractivity contribution in [1.29, 1.82) is 0 Å². The molecule has 0 spiro atoms. The molecular formula is C28H52O. The van der Waals surface area contributed by atoms with E-state index in [2.05, 4.69) is 55.4 Å². The molecule has 3 fully saturated rings. The Kier molecular flexibility index (Phi) is 7.20. The summed E-state index contributed by atoms with van der Waals surface area (Å²) in [5, 5.41) is 0. The molecule has 1 nitrogen and oxygen atoms in total. The molecule has 0 bridgehead atoms. The maximum absolute atomic E-state index is 5.94. The second-order valence-electron chi connectivity index (χ2n) is 14.1. The molecule has 1 heteroatoms. The molecular weight excluding hydrogens is 352 g/mol. The van der Waals surface area contributed by atoms with Gasteiger partial charge in [-0.2, -0.15) is 0 Å². The predicted molar refractivity (Wildman–Crippen MR) is 126 cm³/mol. The fraction of sp³-hybridized carbons (Fsp3) is 1.00. The Morgan fingerprint density at radius 1 is 0.793 bits per heavy atom. The molecule has 1 heterocycles. The molecule has 0 amide bonds. The van der Waals surface area contributed by atoms with Crippen LogP contribution >= 0.6 is 0 Å². The van der Waals surface area contributed by atoms with Gasteiger partial charge in [-0.05, 0) is 104 Å². The zero-order chi connectivity index (χ0) is 21.4. The first kappa shape index (κ1) is 23.6. The van der Waals surface area contributed by atoms with Gasteiger partial charge < -0.3 is 4.74 Å². The van der Waals surface area contributed by atoms with E-state index in [0.29, 0.717) is 22.3 Å². The first-order chi connectivity index (χ1) is 13.3. The van der Waals surface area contributed by atoms with Crippen molar-refractivity contribution in [3.63, 3.8) is 0 Å². The van der Waals surface area contributed by atoms with Crippen LogP contribution in [0.5, 0.6) is 0 Å². The van der Waals surface area contributed by atoms with Crippen LogP contribution in [0.2, 0.25) is 0 Å². The highest BCUT2D eigenvalue weighted by Crippen LogP contribution is 2.55. The highest BCUT2D eigenvalue weighted by atomic mass is 16.5. The smallest absolute Gasteiger partial charge is 0.0581 e. The lowest BCUT2D eigenvalue weighted by Crippen LogP contribution is -2.28. The molecule has 0 radical (unpaired) electrons. The first-order valence-electron chi connectivity index (χ1n) is 13.0. The molecule has 0 N–H and O–H groups in total. The average molecular weight is 405 g/mol. The topological polar surface area (TPSA) is 9.23 Å². The van der Waals surface area contributed by atoms with E-state index < -0.39 is 0 Å². The van der Waals surface area contributed by atoms with Gasteiger partial charge in [-0.3, -0.25) is 0 Å². The summed E-state index contributed by atoms with van der Waals surface area (Å²) in [7, 11) is 0. The third kappa shape index (κ3) is 6.98. The van der Waals surface area contributed by atoms with Gasteiger partial charge in [-0.25, -0.2) is 0 Å². The fourth-order valence-electron chi connectivity index (χ4n) is 7.14. The molecule has 3 aliphatic rings. The zero-order valence-electron chi connectivity index (χ0n) is 21.2. The Morgan fingerprint density at radius 3 is 2.10 bits per heavy atom. The second kappa shape index (κ2) is 8.84. The number of rotatable bonds is 9. The first-order valence-corrected chi connectivity index (χ1v) is 13.0. The van der Waals surface area contributed by atoms with Crippen LogP contribution in [-0.4, -0.2) is 12.7 Å². The van der Waals surface area contributed by atoms with Gasteiger partial charge in [0.25, 0.3) is 0 Å². The number of hydrogen-bond acceptors (Lipinski definition) is 1. The van der Waals surface area contributed by atoms with Crippen molar-refractivity contribution in [1.82, 2.24) is 0 Å². The normalized spacial score (nSPS) is 34.6. The predicted octanol–water partition coefficient (Wildman–Crippen LogP) is 8.51. The summed E-state index contributed by atoms with van der Waals surface area (Å²) >= 11 is 0. The highest BCUT2D eigenvalue weighted by molar-refractivity contribution is 4.95. The molecule has 0 aromatic heterocycles. The Labute approximate surface area is 183 Å². The summed E-state index contributed by atoms with van der Waals surface area (Å²) in [6, 6.07) is 0. The van der Waals surface area contributed by atoms with E-state index in [9.17, 15) is 0 Å². The minimum Gasteiger partial charge on any atom is -0.378 e. The van der Waals surface area contributed by atoms with Crippen LogP contribution in [0.3, 0.4) is 0 Å². The monoisotopic (exact) mass is 404 g/mol. The molecule has 0 aromatic rings. The van der Waals surface area contributed by atoms with Crippen LogP contribution < -0.4 is 0 Å². The lowest BCUT2D eigenvalue weighted by Gasteiger charge is -2.37. The third-order valence-corrected chi connectivity index (χ3v) is 8.90. The average Bonchev–Trinajstić information content (AvgIpc) is 2.99. The quantitative estimate of drug-likeness (QED) is 0.374. The summed E-state index contributed by atoms with van der Waals surface area (Å²) in [6.45, 7) is 21.0. The van der Waals surface area contributed by atoms with Crippen molar-refractivity contribution in [3.8, 4) is 0 Å². The van der Waals surface area contributed by atoms with E-state index in [0.717, 1.165) is 36.2 Å². The van der Waals surface area contributed by atoms with Gasteiger partial charge >= 0.3 is 0 Å². The summed E-state index contributed by atoms with van der Waals surface area (Å²) in [5.41, 5.74) is 1.45.